The summed E-state index contributed by atoms with van der Waals surface area (Å²) in [6, 6.07) is 14.6. The molecular formula is C20H23BrO4S. The van der Waals surface area contributed by atoms with Gasteiger partial charge >= 0.3 is 5.97 Å². The van der Waals surface area contributed by atoms with E-state index in [9.17, 15) is 13.2 Å². The van der Waals surface area contributed by atoms with E-state index in [1.54, 1.807) is 25.1 Å². The van der Waals surface area contributed by atoms with E-state index in [2.05, 4.69) is 15.9 Å². The predicted molar refractivity (Wildman–Crippen MR) is 106 cm³/mol. The molecule has 0 aliphatic heterocycles. The Kier molecular flexibility index (Phi) is 7.85. The van der Waals surface area contributed by atoms with Crippen LogP contribution in [-0.4, -0.2) is 26.7 Å². The summed E-state index contributed by atoms with van der Waals surface area (Å²) < 4.78 is 30.4. The third-order valence-electron chi connectivity index (χ3n) is 3.96. The monoisotopic (exact) mass is 438 g/mol. The zero-order valence-electron chi connectivity index (χ0n) is 14.8. The van der Waals surface area contributed by atoms with Gasteiger partial charge < -0.3 is 4.74 Å². The summed E-state index contributed by atoms with van der Waals surface area (Å²) in [4.78, 5) is 11.8. The van der Waals surface area contributed by atoms with Crippen LogP contribution in [0.15, 0.2) is 57.9 Å². The number of aryl methyl sites for hydroxylation is 1. The van der Waals surface area contributed by atoms with Crippen molar-refractivity contribution in [3.8, 4) is 0 Å². The molecule has 0 radical (unpaired) electrons. The first-order valence-electron chi connectivity index (χ1n) is 8.62. The minimum Gasteiger partial charge on any atom is -0.466 e. The van der Waals surface area contributed by atoms with Crippen molar-refractivity contribution in [1.29, 1.82) is 0 Å². The van der Waals surface area contributed by atoms with Crippen LogP contribution in [0.2, 0.25) is 0 Å². The fourth-order valence-electron chi connectivity index (χ4n) is 2.60. The van der Waals surface area contributed by atoms with E-state index in [0.717, 1.165) is 28.4 Å². The molecule has 0 saturated carbocycles. The van der Waals surface area contributed by atoms with Gasteiger partial charge in [-0.15, -0.1) is 0 Å². The summed E-state index contributed by atoms with van der Waals surface area (Å²) in [5.41, 5.74) is 2.06. The molecule has 0 bridgehead atoms. The fraction of sp³-hybridized carbons (Fsp3) is 0.350. The molecule has 0 spiro atoms. The molecule has 0 unspecified atom stereocenters. The summed E-state index contributed by atoms with van der Waals surface area (Å²) in [5.74, 6) is -0.0808. The maximum absolute atomic E-state index is 12.3. The van der Waals surface area contributed by atoms with Crippen LogP contribution in [0.4, 0.5) is 0 Å². The van der Waals surface area contributed by atoms with Gasteiger partial charge in [0.2, 0.25) is 0 Å². The predicted octanol–water partition coefficient (Wildman–Crippen LogP) is 4.35. The second kappa shape index (κ2) is 9.88. The number of hydrogen-bond donors (Lipinski definition) is 0. The summed E-state index contributed by atoms with van der Waals surface area (Å²) >= 11 is 3.30. The van der Waals surface area contributed by atoms with Gasteiger partial charge in [-0.1, -0.05) is 46.3 Å². The third kappa shape index (κ3) is 6.57. The van der Waals surface area contributed by atoms with Crippen molar-refractivity contribution in [3.05, 3.63) is 64.1 Å². The first-order valence-corrected chi connectivity index (χ1v) is 11.1. The Balaban J connectivity index is 1.80. The maximum atomic E-state index is 12.3. The number of benzene rings is 2. The number of ether oxygens (including phenoxy) is 1. The van der Waals surface area contributed by atoms with Gasteiger partial charge in [0.15, 0.2) is 9.84 Å². The van der Waals surface area contributed by atoms with Gasteiger partial charge in [-0.25, -0.2) is 8.42 Å². The Hall–Kier alpha value is -1.66. The molecule has 2 rings (SSSR count). The Morgan fingerprint density at radius 2 is 1.73 bits per heavy atom. The largest absolute Gasteiger partial charge is 0.466 e. The number of sulfone groups is 1. The lowest BCUT2D eigenvalue weighted by atomic mass is 10.1. The van der Waals surface area contributed by atoms with Crippen LogP contribution < -0.4 is 0 Å². The van der Waals surface area contributed by atoms with E-state index in [1.807, 2.05) is 30.3 Å². The van der Waals surface area contributed by atoms with E-state index in [-0.39, 0.29) is 18.1 Å². The fourth-order valence-corrected chi connectivity index (χ4v) is 4.57. The Labute approximate surface area is 163 Å². The lowest BCUT2D eigenvalue weighted by molar-refractivity contribution is -0.142. The normalized spacial score (nSPS) is 11.3. The van der Waals surface area contributed by atoms with Gasteiger partial charge in [0.25, 0.3) is 0 Å². The molecule has 0 N–H and O–H groups in total. The van der Waals surface area contributed by atoms with E-state index in [4.69, 9.17) is 4.74 Å². The molecule has 6 heteroatoms. The number of esters is 1. The van der Waals surface area contributed by atoms with Crippen LogP contribution in [-0.2, 0) is 32.2 Å². The molecule has 0 amide bonds. The molecule has 2 aromatic carbocycles. The van der Waals surface area contributed by atoms with E-state index < -0.39 is 9.84 Å². The maximum Gasteiger partial charge on any atom is 0.310 e. The summed E-state index contributed by atoms with van der Waals surface area (Å²) in [6.07, 6.45) is 2.50. The van der Waals surface area contributed by atoms with Crippen molar-refractivity contribution in [2.75, 3.05) is 12.4 Å². The van der Waals surface area contributed by atoms with Crippen LogP contribution in [0, 0.1) is 0 Å². The third-order valence-corrected chi connectivity index (χ3v) is 6.25. The molecule has 0 heterocycles. The SMILES string of the molecule is CCOC(=O)Cc1ccc(CCCCS(=O)(=O)c2cccc(Br)c2)cc1. The highest BCUT2D eigenvalue weighted by Crippen LogP contribution is 2.18. The van der Waals surface area contributed by atoms with Crippen molar-refractivity contribution < 1.29 is 17.9 Å². The lowest BCUT2D eigenvalue weighted by Crippen LogP contribution is -2.07. The van der Waals surface area contributed by atoms with Crippen LogP contribution in [0.5, 0.6) is 0 Å². The highest BCUT2D eigenvalue weighted by atomic mass is 79.9. The highest BCUT2D eigenvalue weighted by molar-refractivity contribution is 9.10. The molecule has 0 aromatic heterocycles. The molecule has 0 atom stereocenters. The molecule has 2 aromatic rings. The standard InChI is InChI=1S/C20H23BrO4S/c1-2-25-20(22)14-17-11-9-16(10-12-17)6-3-4-13-26(23,24)19-8-5-7-18(21)15-19/h5,7-12,15H,2-4,6,13-14H2,1H3. The molecular weight excluding hydrogens is 416 g/mol. The molecule has 0 fully saturated rings. The molecule has 0 saturated heterocycles. The van der Waals surface area contributed by atoms with Gasteiger partial charge in [0.1, 0.15) is 0 Å². The average Bonchev–Trinajstić information content (AvgIpc) is 2.60. The molecule has 26 heavy (non-hydrogen) atoms. The molecule has 4 nitrogen and oxygen atoms in total. The van der Waals surface area contributed by atoms with Gasteiger partial charge in [0, 0.05) is 4.47 Å². The summed E-state index contributed by atoms with van der Waals surface area (Å²) in [7, 11) is -3.24. The average molecular weight is 439 g/mol. The van der Waals surface area contributed by atoms with E-state index in [0.29, 0.717) is 17.9 Å². The summed E-state index contributed by atoms with van der Waals surface area (Å²) in [5, 5.41) is 0. The van der Waals surface area contributed by atoms with Crippen LogP contribution in [0.25, 0.3) is 0 Å². The number of carbonyl (C=O) groups is 1. The van der Waals surface area contributed by atoms with Gasteiger partial charge in [-0.3, -0.25) is 4.79 Å². The number of hydrogen-bond acceptors (Lipinski definition) is 4. The minimum absolute atomic E-state index is 0.143. The van der Waals surface area contributed by atoms with Crippen LogP contribution in [0.3, 0.4) is 0 Å². The first-order chi connectivity index (χ1) is 12.4. The van der Waals surface area contributed by atoms with E-state index in [1.165, 1.54) is 0 Å². The van der Waals surface area contributed by atoms with Gasteiger partial charge in [0.05, 0.1) is 23.7 Å². The van der Waals surface area contributed by atoms with E-state index >= 15 is 0 Å². The van der Waals surface area contributed by atoms with Gasteiger partial charge in [-0.2, -0.15) is 0 Å². The van der Waals surface area contributed by atoms with Crippen molar-refractivity contribution in [1.82, 2.24) is 0 Å². The van der Waals surface area contributed by atoms with Crippen molar-refractivity contribution in [2.45, 2.75) is 37.5 Å². The Bertz CT molecular complexity index is 829. The zero-order chi connectivity index (χ0) is 19.0. The number of rotatable bonds is 9. The van der Waals surface area contributed by atoms with Crippen LogP contribution in [0.1, 0.15) is 30.9 Å². The van der Waals surface area contributed by atoms with Crippen LogP contribution >= 0.6 is 15.9 Å². The highest BCUT2D eigenvalue weighted by Gasteiger charge is 2.14. The van der Waals surface area contributed by atoms with Crippen molar-refractivity contribution >= 4 is 31.7 Å². The smallest absolute Gasteiger partial charge is 0.310 e. The van der Waals surface area contributed by atoms with Gasteiger partial charge in [-0.05, 0) is 55.5 Å². The first kappa shape index (κ1) is 20.6. The lowest BCUT2D eigenvalue weighted by Gasteiger charge is -2.06. The van der Waals surface area contributed by atoms with Crippen molar-refractivity contribution in [2.24, 2.45) is 0 Å². The minimum atomic E-state index is -3.24. The quantitative estimate of drug-likeness (QED) is 0.431. The Morgan fingerprint density at radius 3 is 2.38 bits per heavy atom. The number of unbranched alkanes of at least 4 members (excludes halogenated alkanes) is 1. The Morgan fingerprint density at radius 1 is 1.04 bits per heavy atom. The second-order valence-electron chi connectivity index (χ2n) is 6.03. The molecule has 140 valence electrons. The zero-order valence-corrected chi connectivity index (χ0v) is 17.2. The molecule has 0 aliphatic carbocycles. The number of carbonyl (C=O) groups excluding carboxylic acids is 1. The van der Waals surface area contributed by atoms with Crippen molar-refractivity contribution in [3.63, 3.8) is 0 Å². The number of halogens is 1. The topological polar surface area (TPSA) is 60.4 Å². The molecule has 0 aliphatic rings. The summed E-state index contributed by atoms with van der Waals surface area (Å²) in [6.45, 7) is 2.18. The second-order valence-corrected chi connectivity index (χ2v) is 9.06.